The van der Waals surface area contributed by atoms with Crippen LogP contribution in [0.1, 0.15) is 31.1 Å². The number of hydrogen-bond acceptors (Lipinski definition) is 2. The molecule has 0 fully saturated rings. The van der Waals surface area contributed by atoms with Gasteiger partial charge in [-0.3, -0.25) is 0 Å². The van der Waals surface area contributed by atoms with E-state index in [0.29, 0.717) is 12.1 Å². The Morgan fingerprint density at radius 3 is 2.48 bits per heavy atom. The van der Waals surface area contributed by atoms with Crippen LogP contribution in [0, 0.1) is 5.82 Å². The van der Waals surface area contributed by atoms with Gasteiger partial charge in [-0.25, -0.2) is 4.39 Å². The molecule has 0 aromatic heterocycles. The second-order valence-corrected chi connectivity index (χ2v) is 5.95. The van der Waals surface area contributed by atoms with Crippen molar-refractivity contribution in [2.75, 3.05) is 13.1 Å². The summed E-state index contributed by atoms with van der Waals surface area (Å²) in [7, 11) is 0. The summed E-state index contributed by atoms with van der Waals surface area (Å²) in [5, 5.41) is 13.4. The first-order valence-electron chi connectivity index (χ1n) is 7.19. The molecule has 0 bridgehead atoms. The predicted molar refractivity (Wildman–Crippen MR) is 83.7 cm³/mol. The van der Waals surface area contributed by atoms with Gasteiger partial charge in [0.2, 0.25) is 0 Å². The van der Waals surface area contributed by atoms with E-state index in [0.717, 1.165) is 6.54 Å². The van der Waals surface area contributed by atoms with E-state index in [1.165, 1.54) is 17.7 Å². The zero-order valence-corrected chi connectivity index (χ0v) is 12.5. The highest BCUT2D eigenvalue weighted by Crippen LogP contribution is 2.22. The van der Waals surface area contributed by atoms with Crippen LogP contribution in [0.3, 0.4) is 0 Å². The minimum Gasteiger partial charge on any atom is -0.387 e. The molecular formula is C18H22FNO. The van der Waals surface area contributed by atoms with Crippen molar-refractivity contribution >= 4 is 0 Å². The SMILES string of the molecule is CC(C)(CNCC(O)c1cccc(F)c1)c1ccccc1. The molecule has 0 saturated carbocycles. The first-order chi connectivity index (χ1) is 9.99. The summed E-state index contributed by atoms with van der Waals surface area (Å²) in [6.45, 7) is 5.46. The number of hydrogen-bond donors (Lipinski definition) is 2. The second-order valence-electron chi connectivity index (χ2n) is 5.95. The molecule has 0 heterocycles. The molecule has 0 aliphatic heterocycles. The standard InChI is InChI=1S/C18H22FNO/c1-18(2,15-8-4-3-5-9-15)13-20-12-17(21)14-7-6-10-16(19)11-14/h3-11,17,20-21H,12-13H2,1-2H3. The van der Waals surface area contributed by atoms with Crippen molar-refractivity contribution in [3.05, 3.63) is 71.5 Å². The van der Waals surface area contributed by atoms with Crippen LogP contribution in [0.15, 0.2) is 54.6 Å². The first kappa shape index (κ1) is 15.7. The minimum absolute atomic E-state index is 0.0249. The van der Waals surface area contributed by atoms with E-state index in [-0.39, 0.29) is 11.2 Å². The van der Waals surface area contributed by atoms with Crippen LogP contribution in [0.4, 0.5) is 4.39 Å². The first-order valence-corrected chi connectivity index (χ1v) is 7.19. The van der Waals surface area contributed by atoms with E-state index in [9.17, 15) is 9.50 Å². The highest BCUT2D eigenvalue weighted by Gasteiger charge is 2.20. The van der Waals surface area contributed by atoms with Crippen molar-refractivity contribution in [2.45, 2.75) is 25.4 Å². The molecule has 1 atom stereocenters. The van der Waals surface area contributed by atoms with E-state index in [4.69, 9.17) is 0 Å². The lowest BCUT2D eigenvalue weighted by Crippen LogP contribution is -2.35. The summed E-state index contributed by atoms with van der Waals surface area (Å²) in [4.78, 5) is 0. The normalized spacial score (nSPS) is 13.1. The van der Waals surface area contributed by atoms with Crippen LogP contribution >= 0.6 is 0 Å². The Labute approximate surface area is 125 Å². The number of halogens is 1. The largest absolute Gasteiger partial charge is 0.387 e. The van der Waals surface area contributed by atoms with E-state index in [1.807, 2.05) is 18.2 Å². The van der Waals surface area contributed by atoms with Crippen LogP contribution in [-0.2, 0) is 5.41 Å². The quantitative estimate of drug-likeness (QED) is 0.853. The van der Waals surface area contributed by atoms with Gasteiger partial charge in [-0.05, 0) is 23.3 Å². The lowest BCUT2D eigenvalue weighted by molar-refractivity contribution is 0.172. The maximum absolute atomic E-state index is 13.1. The summed E-state index contributed by atoms with van der Waals surface area (Å²) in [5.74, 6) is -0.323. The molecule has 2 N–H and O–H groups in total. The molecule has 0 aliphatic carbocycles. The van der Waals surface area contributed by atoms with Crippen molar-refractivity contribution in [2.24, 2.45) is 0 Å². The number of aliphatic hydroxyl groups excluding tert-OH is 1. The number of benzene rings is 2. The van der Waals surface area contributed by atoms with Gasteiger partial charge in [-0.2, -0.15) is 0 Å². The molecule has 2 nitrogen and oxygen atoms in total. The second kappa shape index (κ2) is 6.83. The molecule has 21 heavy (non-hydrogen) atoms. The predicted octanol–water partition coefficient (Wildman–Crippen LogP) is 3.43. The third kappa shape index (κ3) is 4.38. The monoisotopic (exact) mass is 287 g/mol. The van der Waals surface area contributed by atoms with Crippen molar-refractivity contribution in [1.29, 1.82) is 0 Å². The molecule has 1 unspecified atom stereocenters. The number of nitrogens with one attached hydrogen (secondary N) is 1. The maximum atomic E-state index is 13.1. The Bertz CT molecular complexity index is 568. The summed E-state index contributed by atoms with van der Waals surface area (Å²) in [6, 6.07) is 16.4. The smallest absolute Gasteiger partial charge is 0.123 e. The van der Waals surface area contributed by atoms with Gasteiger partial charge < -0.3 is 10.4 Å². The van der Waals surface area contributed by atoms with Gasteiger partial charge in [0.05, 0.1) is 6.10 Å². The summed E-state index contributed by atoms with van der Waals surface area (Å²) >= 11 is 0. The van der Waals surface area contributed by atoms with Gasteiger partial charge in [0.1, 0.15) is 5.82 Å². The number of aliphatic hydroxyl groups is 1. The Hall–Kier alpha value is -1.71. The van der Waals surface area contributed by atoms with E-state index in [1.54, 1.807) is 12.1 Å². The molecule has 0 spiro atoms. The Balaban J connectivity index is 1.89. The van der Waals surface area contributed by atoms with Gasteiger partial charge in [0.25, 0.3) is 0 Å². The Morgan fingerprint density at radius 2 is 1.81 bits per heavy atom. The zero-order valence-electron chi connectivity index (χ0n) is 12.5. The third-order valence-corrected chi connectivity index (χ3v) is 3.69. The average Bonchev–Trinajstić information content (AvgIpc) is 2.48. The van der Waals surface area contributed by atoms with Gasteiger partial charge >= 0.3 is 0 Å². The van der Waals surface area contributed by atoms with Crippen molar-refractivity contribution < 1.29 is 9.50 Å². The lowest BCUT2D eigenvalue weighted by Gasteiger charge is -2.26. The van der Waals surface area contributed by atoms with Crippen LogP contribution in [0.5, 0.6) is 0 Å². The molecule has 2 aromatic carbocycles. The molecule has 2 aromatic rings. The minimum atomic E-state index is -0.702. The Morgan fingerprint density at radius 1 is 1.10 bits per heavy atom. The topological polar surface area (TPSA) is 32.3 Å². The summed E-state index contributed by atoms with van der Waals surface area (Å²) in [5.41, 5.74) is 1.82. The summed E-state index contributed by atoms with van der Waals surface area (Å²) in [6.07, 6.45) is -0.702. The van der Waals surface area contributed by atoms with E-state index < -0.39 is 6.10 Å². The molecule has 0 amide bonds. The molecular weight excluding hydrogens is 265 g/mol. The third-order valence-electron chi connectivity index (χ3n) is 3.69. The molecule has 112 valence electrons. The van der Waals surface area contributed by atoms with Gasteiger partial charge in [-0.1, -0.05) is 56.3 Å². The van der Waals surface area contributed by atoms with Gasteiger partial charge in [0, 0.05) is 18.5 Å². The molecule has 2 rings (SSSR count). The van der Waals surface area contributed by atoms with Crippen molar-refractivity contribution in [1.82, 2.24) is 5.32 Å². The summed E-state index contributed by atoms with van der Waals surface area (Å²) < 4.78 is 13.1. The van der Waals surface area contributed by atoms with E-state index in [2.05, 4.69) is 31.3 Å². The van der Waals surface area contributed by atoms with Crippen LogP contribution in [0.2, 0.25) is 0 Å². The zero-order chi connectivity index (χ0) is 15.3. The highest BCUT2D eigenvalue weighted by atomic mass is 19.1. The highest BCUT2D eigenvalue weighted by molar-refractivity contribution is 5.24. The molecule has 0 saturated heterocycles. The van der Waals surface area contributed by atoms with Crippen molar-refractivity contribution in [3.63, 3.8) is 0 Å². The fourth-order valence-electron chi connectivity index (χ4n) is 2.34. The van der Waals surface area contributed by atoms with Crippen LogP contribution in [-0.4, -0.2) is 18.2 Å². The fraction of sp³-hybridized carbons (Fsp3) is 0.333. The van der Waals surface area contributed by atoms with Gasteiger partial charge in [-0.15, -0.1) is 0 Å². The van der Waals surface area contributed by atoms with E-state index >= 15 is 0 Å². The molecule has 0 radical (unpaired) electrons. The molecule has 0 aliphatic rings. The van der Waals surface area contributed by atoms with Crippen LogP contribution < -0.4 is 5.32 Å². The Kier molecular flexibility index (Phi) is 5.10. The molecule has 3 heteroatoms. The fourth-order valence-corrected chi connectivity index (χ4v) is 2.34. The average molecular weight is 287 g/mol. The van der Waals surface area contributed by atoms with Crippen LogP contribution in [0.25, 0.3) is 0 Å². The van der Waals surface area contributed by atoms with Crippen molar-refractivity contribution in [3.8, 4) is 0 Å². The maximum Gasteiger partial charge on any atom is 0.123 e. The lowest BCUT2D eigenvalue weighted by atomic mass is 9.84. The van der Waals surface area contributed by atoms with Gasteiger partial charge in [0.15, 0.2) is 0 Å². The number of rotatable bonds is 6.